The van der Waals surface area contributed by atoms with Crippen molar-refractivity contribution in [3.05, 3.63) is 105 Å². The fourth-order valence-corrected chi connectivity index (χ4v) is 3.72. The Balaban J connectivity index is 0.000000299. The Labute approximate surface area is 239 Å². The predicted molar refractivity (Wildman–Crippen MR) is 159 cm³/mol. The summed E-state index contributed by atoms with van der Waals surface area (Å²) in [5, 5.41) is 0. The zero-order chi connectivity index (χ0) is 29.4. The van der Waals surface area contributed by atoms with E-state index in [0.29, 0.717) is 22.3 Å². The molecule has 0 aliphatic heterocycles. The van der Waals surface area contributed by atoms with Gasteiger partial charge in [0.05, 0.1) is 38.0 Å². The SMILES string of the molecule is C#Cc1ccccc1C(=O)OC.COC(=O)c1ccccc1Br.COC(=O)c1ccccc1C#C[Si](C)(C)C. The molecule has 0 radical (unpaired) electrons. The average Bonchev–Trinajstić information content (AvgIpc) is 2.95. The Hall–Kier alpha value is -4.11. The fraction of sp³-hybridized carbons (Fsp3) is 0.194. The quantitative estimate of drug-likeness (QED) is 0.149. The minimum Gasteiger partial charge on any atom is -0.465 e. The Morgan fingerprint density at radius 1 is 0.667 bits per heavy atom. The number of hydrogen-bond donors (Lipinski definition) is 0. The summed E-state index contributed by atoms with van der Waals surface area (Å²) in [6, 6.07) is 21.3. The van der Waals surface area contributed by atoms with Crippen LogP contribution in [0, 0.1) is 23.8 Å². The molecule has 0 atom stereocenters. The average molecular weight is 608 g/mol. The second kappa shape index (κ2) is 16.7. The molecular formula is C31H31BrO6Si. The smallest absolute Gasteiger partial charge is 0.339 e. The molecule has 0 unspecified atom stereocenters. The first-order valence-electron chi connectivity index (χ1n) is 11.7. The van der Waals surface area contributed by atoms with Crippen molar-refractivity contribution >= 4 is 41.9 Å². The molecule has 0 N–H and O–H groups in total. The monoisotopic (exact) mass is 606 g/mol. The van der Waals surface area contributed by atoms with E-state index in [2.05, 4.69) is 62.4 Å². The summed E-state index contributed by atoms with van der Waals surface area (Å²) < 4.78 is 14.6. The highest BCUT2D eigenvalue weighted by atomic mass is 79.9. The Kier molecular flexibility index (Phi) is 14.1. The van der Waals surface area contributed by atoms with E-state index >= 15 is 0 Å². The lowest BCUT2D eigenvalue weighted by Crippen LogP contribution is -2.16. The third-order valence-corrected chi connectivity index (χ3v) is 6.24. The molecule has 0 amide bonds. The normalized spacial score (nSPS) is 9.49. The van der Waals surface area contributed by atoms with Crippen LogP contribution in [0.25, 0.3) is 0 Å². The second-order valence-electron chi connectivity index (χ2n) is 8.69. The van der Waals surface area contributed by atoms with Crippen molar-refractivity contribution < 1.29 is 28.6 Å². The van der Waals surface area contributed by atoms with Gasteiger partial charge in [0.1, 0.15) is 8.07 Å². The van der Waals surface area contributed by atoms with Crippen molar-refractivity contribution in [1.29, 1.82) is 0 Å². The molecule has 8 heteroatoms. The van der Waals surface area contributed by atoms with E-state index < -0.39 is 14.0 Å². The van der Waals surface area contributed by atoms with Crippen LogP contribution in [-0.4, -0.2) is 47.3 Å². The standard InChI is InChI=1S/C13H16O2Si.C10H8O2.C8H7BrO2/c1-15-13(14)12-8-6-5-7-11(12)9-10-16(2,3)4;1-3-8-6-4-5-7-9(8)10(11)12-2;1-11-8(10)6-4-2-3-5-7(6)9/h5-8H,1-4H3;1,4-7H,2H3;2-5H,1H3. The van der Waals surface area contributed by atoms with Crippen LogP contribution in [0.1, 0.15) is 42.2 Å². The lowest BCUT2D eigenvalue weighted by molar-refractivity contribution is 0.0591. The third kappa shape index (κ3) is 11.4. The number of carbonyl (C=O) groups excluding carboxylic acids is 3. The van der Waals surface area contributed by atoms with Gasteiger partial charge < -0.3 is 14.2 Å². The summed E-state index contributed by atoms with van der Waals surface area (Å²) in [5.74, 6) is 4.44. The highest BCUT2D eigenvalue weighted by molar-refractivity contribution is 9.10. The van der Waals surface area contributed by atoms with Crippen molar-refractivity contribution in [1.82, 2.24) is 0 Å². The van der Waals surface area contributed by atoms with Crippen molar-refractivity contribution in [2.24, 2.45) is 0 Å². The van der Waals surface area contributed by atoms with Gasteiger partial charge >= 0.3 is 17.9 Å². The van der Waals surface area contributed by atoms with E-state index in [1.165, 1.54) is 21.3 Å². The van der Waals surface area contributed by atoms with Gasteiger partial charge in [-0.15, -0.1) is 12.0 Å². The molecule has 0 aliphatic rings. The van der Waals surface area contributed by atoms with Crippen LogP contribution in [0.5, 0.6) is 0 Å². The minimum absolute atomic E-state index is 0.322. The number of halogens is 1. The van der Waals surface area contributed by atoms with Crippen LogP contribution in [0.3, 0.4) is 0 Å². The van der Waals surface area contributed by atoms with Crippen molar-refractivity contribution in [2.75, 3.05) is 21.3 Å². The number of benzene rings is 3. The predicted octanol–water partition coefficient (Wildman–Crippen LogP) is 6.39. The number of rotatable bonds is 3. The van der Waals surface area contributed by atoms with Gasteiger partial charge in [-0.3, -0.25) is 0 Å². The Morgan fingerprint density at radius 3 is 1.49 bits per heavy atom. The minimum atomic E-state index is -1.42. The first-order chi connectivity index (χ1) is 18.5. The molecule has 0 aromatic heterocycles. The Bertz CT molecular complexity index is 1390. The van der Waals surface area contributed by atoms with Gasteiger partial charge in [-0.2, -0.15) is 0 Å². The number of carbonyl (C=O) groups is 3. The van der Waals surface area contributed by atoms with Gasteiger partial charge in [-0.05, 0) is 52.3 Å². The lowest BCUT2D eigenvalue weighted by atomic mass is 10.1. The molecule has 3 rings (SSSR count). The van der Waals surface area contributed by atoms with Gasteiger partial charge in [0, 0.05) is 15.6 Å². The first kappa shape index (κ1) is 32.9. The van der Waals surface area contributed by atoms with Crippen LogP contribution < -0.4 is 0 Å². The molecule has 202 valence electrons. The molecule has 3 aromatic rings. The molecular weight excluding hydrogens is 576 g/mol. The van der Waals surface area contributed by atoms with Crippen LogP contribution in [0.2, 0.25) is 19.6 Å². The molecule has 0 saturated carbocycles. The highest BCUT2D eigenvalue weighted by Gasteiger charge is 2.11. The molecule has 0 bridgehead atoms. The van der Waals surface area contributed by atoms with Crippen LogP contribution >= 0.6 is 15.9 Å². The van der Waals surface area contributed by atoms with E-state index in [1.807, 2.05) is 24.3 Å². The lowest BCUT2D eigenvalue weighted by Gasteiger charge is -2.05. The van der Waals surface area contributed by atoms with E-state index in [0.717, 1.165) is 10.0 Å². The largest absolute Gasteiger partial charge is 0.465 e. The molecule has 0 spiro atoms. The van der Waals surface area contributed by atoms with Gasteiger partial charge in [-0.25, -0.2) is 14.4 Å². The van der Waals surface area contributed by atoms with Gasteiger partial charge in [-0.1, -0.05) is 67.9 Å². The van der Waals surface area contributed by atoms with Crippen LogP contribution in [0.15, 0.2) is 77.3 Å². The maximum Gasteiger partial charge on any atom is 0.339 e. The molecule has 6 nitrogen and oxygen atoms in total. The molecule has 0 saturated heterocycles. The molecule has 39 heavy (non-hydrogen) atoms. The maximum absolute atomic E-state index is 11.5. The molecule has 0 heterocycles. The van der Waals surface area contributed by atoms with Gasteiger partial charge in [0.2, 0.25) is 0 Å². The highest BCUT2D eigenvalue weighted by Crippen LogP contribution is 2.16. The number of methoxy groups -OCH3 is 3. The summed E-state index contributed by atoms with van der Waals surface area (Å²) in [6.45, 7) is 6.50. The zero-order valence-electron chi connectivity index (χ0n) is 22.8. The summed E-state index contributed by atoms with van der Waals surface area (Å²) in [6.07, 6.45) is 5.19. The van der Waals surface area contributed by atoms with E-state index in [1.54, 1.807) is 48.5 Å². The summed E-state index contributed by atoms with van der Waals surface area (Å²) in [7, 11) is 2.65. The summed E-state index contributed by atoms with van der Waals surface area (Å²) in [4.78, 5) is 33.5. The second-order valence-corrected chi connectivity index (χ2v) is 14.3. The number of hydrogen-bond acceptors (Lipinski definition) is 6. The first-order valence-corrected chi connectivity index (χ1v) is 16.0. The number of terminal acetylenes is 1. The summed E-state index contributed by atoms with van der Waals surface area (Å²) >= 11 is 3.24. The van der Waals surface area contributed by atoms with Crippen molar-refractivity contribution in [2.45, 2.75) is 19.6 Å². The Morgan fingerprint density at radius 2 is 1.05 bits per heavy atom. The topological polar surface area (TPSA) is 78.9 Å². The maximum atomic E-state index is 11.5. The number of esters is 3. The summed E-state index contributed by atoms with van der Waals surface area (Å²) in [5.41, 5.74) is 6.07. The van der Waals surface area contributed by atoms with Gasteiger partial charge in [0.25, 0.3) is 0 Å². The van der Waals surface area contributed by atoms with Crippen molar-refractivity contribution in [3.8, 4) is 23.8 Å². The molecule has 0 aliphatic carbocycles. The van der Waals surface area contributed by atoms with E-state index in [4.69, 9.17) is 11.2 Å². The third-order valence-electron chi connectivity index (χ3n) is 4.67. The van der Waals surface area contributed by atoms with E-state index in [9.17, 15) is 14.4 Å². The van der Waals surface area contributed by atoms with E-state index in [-0.39, 0.29) is 11.9 Å². The number of ether oxygens (including phenoxy) is 3. The fourth-order valence-electron chi connectivity index (χ4n) is 2.77. The van der Waals surface area contributed by atoms with Crippen molar-refractivity contribution in [3.63, 3.8) is 0 Å². The van der Waals surface area contributed by atoms with Gasteiger partial charge in [0.15, 0.2) is 0 Å². The van der Waals surface area contributed by atoms with Crippen LogP contribution in [-0.2, 0) is 14.2 Å². The molecule has 3 aromatic carbocycles. The molecule has 0 fully saturated rings. The zero-order valence-corrected chi connectivity index (χ0v) is 25.4. The van der Waals surface area contributed by atoms with Crippen LogP contribution in [0.4, 0.5) is 0 Å².